The molecule has 0 saturated heterocycles. The molecule has 0 spiro atoms. The average Bonchev–Trinajstić information content (AvgIpc) is 3.23. The minimum atomic E-state index is 0.0689. The Labute approximate surface area is 134 Å². The number of aromatic nitrogens is 1. The largest absolute Gasteiger partial charge is 0.354 e. The van der Waals surface area contributed by atoms with Crippen LogP contribution in [0.2, 0.25) is 5.02 Å². The summed E-state index contributed by atoms with van der Waals surface area (Å²) < 4.78 is 0. The Morgan fingerprint density at radius 1 is 1.33 bits per heavy atom. The van der Waals surface area contributed by atoms with Gasteiger partial charge in [-0.2, -0.15) is 0 Å². The first-order chi connectivity index (χ1) is 9.90. The number of hydrogen-bond acceptors (Lipinski definition) is 3. The first kappa shape index (κ1) is 16.6. The van der Waals surface area contributed by atoms with Crippen molar-refractivity contribution in [2.24, 2.45) is 0 Å². The number of unbranched alkanes of at least 4 members (excludes halogenated alkanes) is 1. The van der Waals surface area contributed by atoms with E-state index in [1.165, 1.54) is 25.7 Å². The molecule has 1 N–H and O–H groups in total. The van der Waals surface area contributed by atoms with E-state index < -0.39 is 0 Å². The van der Waals surface area contributed by atoms with Gasteiger partial charge in [0.15, 0.2) is 0 Å². The highest BCUT2D eigenvalue weighted by molar-refractivity contribution is 6.31. The summed E-state index contributed by atoms with van der Waals surface area (Å²) in [6, 6.07) is 4.75. The molecule has 1 saturated carbocycles. The van der Waals surface area contributed by atoms with Crippen molar-refractivity contribution < 1.29 is 0 Å². The molecule has 1 fully saturated rings. The summed E-state index contributed by atoms with van der Waals surface area (Å²) in [5, 5.41) is 4.22. The second-order valence-corrected chi connectivity index (χ2v) is 7.39. The lowest BCUT2D eigenvalue weighted by atomic mass is 10.1. The Hall–Kier alpha value is -0.800. The highest BCUT2D eigenvalue weighted by Crippen LogP contribution is 2.32. The highest BCUT2D eigenvalue weighted by atomic mass is 35.5. The second-order valence-electron chi connectivity index (χ2n) is 6.98. The molecule has 1 aromatic heterocycles. The maximum absolute atomic E-state index is 6.31. The topological polar surface area (TPSA) is 28.2 Å². The molecule has 1 aliphatic rings. The predicted molar refractivity (Wildman–Crippen MR) is 91.1 cm³/mol. The fourth-order valence-electron chi connectivity index (χ4n) is 2.30. The van der Waals surface area contributed by atoms with Gasteiger partial charge in [0.25, 0.3) is 0 Å². The SMILES string of the molecule is CCCCN(c1ccc(Cl)c(CNC(C)(C)C)n1)C1CC1. The third-order valence-electron chi connectivity index (χ3n) is 3.72. The highest BCUT2D eigenvalue weighted by Gasteiger charge is 2.29. The molecule has 4 heteroatoms. The molecule has 0 aromatic carbocycles. The van der Waals surface area contributed by atoms with E-state index in [-0.39, 0.29) is 5.54 Å². The zero-order valence-corrected chi connectivity index (χ0v) is 14.5. The second kappa shape index (κ2) is 6.97. The van der Waals surface area contributed by atoms with Gasteiger partial charge in [0, 0.05) is 24.7 Å². The van der Waals surface area contributed by atoms with Gasteiger partial charge in [-0.25, -0.2) is 4.98 Å². The van der Waals surface area contributed by atoms with Crippen LogP contribution in [0, 0.1) is 0 Å². The molecule has 0 atom stereocenters. The Morgan fingerprint density at radius 3 is 2.62 bits per heavy atom. The number of nitrogens with one attached hydrogen (secondary N) is 1. The van der Waals surface area contributed by atoms with E-state index in [2.05, 4.69) is 44.0 Å². The summed E-state index contributed by atoms with van der Waals surface area (Å²) in [7, 11) is 0. The zero-order chi connectivity index (χ0) is 15.5. The molecule has 2 rings (SSSR count). The first-order valence-electron chi connectivity index (χ1n) is 8.08. The van der Waals surface area contributed by atoms with E-state index in [4.69, 9.17) is 16.6 Å². The van der Waals surface area contributed by atoms with Gasteiger partial charge in [-0.1, -0.05) is 24.9 Å². The number of hydrogen-bond donors (Lipinski definition) is 1. The average molecular weight is 310 g/mol. The molecule has 0 unspecified atom stereocenters. The van der Waals surface area contributed by atoms with Gasteiger partial charge in [0.05, 0.1) is 10.7 Å². The molecule has 0 bridgehead atoms. The molecule has 118 valence electrons. The molecule has 1 aromatic rings. The Morgan fingerprint density at radius 2 is 2.05 bits per heavy atom. The van der Waals surface area contributed by atoms with Crippen molar-refractivity contribution in [3.63, 3.8) is 0 Å². The molecule has 0 aliphatic heterocycles. The first-order valence-corrected chi connectivity index (χ1v) is 8.45. The lowest BCUT2D eigenvalue weighted by Gasteiger charge is -2.25. The van der Waals surface area contributed by atoms with Crippen LogP contribution in [0.1, 0.15) is 59.1 Å². The van der Waals surface area contributed by atoms with Gasteiger partial charge in [-0.15, -0.1) is 0 Å². The summed E-state index contributed by atoms with van der Waals surface area (Å²) in [5.41, 5.74) is 1.02. The number of nitrogens with zero attached hydrogens (tertiary/aromatic N) is 2. The molecule has 21 heavy (non-hydrogen) atoms. The van der Waals surface area contributed by atoms with Crippen LogP contribution in [0.3, 0.4) is 0 Å². The van der Waals surface area contributed by atoms with E-state index in [1.807, 2.05) is 6.07 Å². The van der Waals surface area contributed by atoms with Gasteiger partial charge in [-0.05, 0) is 52.2 Å². The smallest absolute Gasteiger partial charge is 0.129 e. The van der Waals surface area contributed by atoms with Gasteiger partial charge in [0.1, 0.15) is 5.82 Å². The van der Waals surface area contributed by atoms with Gasteiger partial charge >= 0.3 is 0 Å². The quantitative estimate of drug-likeness (QED) is 0.809. The maximum atomic E-state index is 6.31. The maximum Gasteiger partial charge on any atom is 0.129 e. The van der Waals surface area contributed by atoms with Crippen LogP contribution in [-0.4, -0.2) is 23.1 Å². The Balaban J connectivity index is 2.12. The number of halogens is 1. The van der Waals surface area contributed by atoms with E-state index in [0.29, 0.717) is 12.6 Å². The van der Waals surface area contributed by atoms with Crippen LogP contribution in [0.4, 0.5) is 5.82 Å². The predicted octanol–water partition coefficient (Wildman–Crippen LogP) is 4.39. The monoisotopic (exact) mass is 309 g/mol. The zero-order valence-electron chi connectivity index (χ0n) is 13.7. The lowest BCUT2D eigenvalue weighted by molar-refractivity contribution is 0.421. The van der Waals surface area contributed by atoms with Crippen molar-refractivity contribution in [3.05, 3.63) is 22.8 Å². The van der Waals surface area contributed by atoms with Crippen molar-refractivity contribution in [1.29, 1.82) is 0 Å². The van der Waals surface area contributed by atoms with Crippen LogP contribution >= 0.6 is 11.6 Å². The molecular formula is C17H28ClN3. The fraction of sp³-hybridized carbons (Fsp3) is 0.706. The van der Waals surface area contributed by atoms with Crippen LogP contribution in [0.15, 0.2) is 12.1 Å². The van der Waals surface area contributed by atoms with Crippen molar-refractivity contribution >= 4 is 17.4 Å². The normalized spacial score (nSPS) is 15.3. The molecule has 0 amide bonds. The standard InChI is InChI=1S/C17H28ClN3/c1-5-6-11-21(13-7-8-13)16-10-9-14(18)15(20-16)12-19-17(2,3)4/h9-10,13,19H,5-8,11-12H2,1-4H3. The molecule has 0 radical (unpaired) electrons. The molecule has 1 heterocycles. The fourth-order valence-corrected chi connectivity index (χ4v) is 2.48. The van der Waals surface area contributed by atoms with Crippen LogP contribution < -0.4 is 10.2 Å². The number of rotatable bonds is 7. The molecule has 1 aliphatic carbocycles. The molecular weight excluding hydrogens is 282 g/mol. The number of pyridine rings is 1. The summed E-state index contributed by atoms with van der Waals surface area (Å²) in [6.45, 7) is 10.5. The third-order valence-corrected chi connectivity index (χ3v) is 4.07. The van der Waals surface area contributed by atoms with Gasteiger partial charge < -0.3 is 10.2 Å². The summed E-state index contributed by atoms with van der Waals surface area (Å²) in [5.74, 6) is 1.08. The Kier molecular flexibility index (Phi) is 5.50. The third kappa shape index (κ3) is 5.15. The summed E-state index contributed by atoms with van der Waals surface area (Å²) >= 11 is 6.31. The summed E-state index contributed by atoms with van der Waals surface area (Å²) in [6.07, 6.45) is 5.03. The van der Waals surface area contributed by atoms with Crippen LogP contribution in [0.25, 0.3) is 0 Å². The van der Waals surface area contributed by atoms with E-state index in [1.54, 1.807) is 0 Å². The van der Waals surface area contributed by atoms with E-state index >= 15 is 0 Å². The van der Waals surface area contributed by atoms with Crippen molar-refractivity contribution in [1.82, 2.24) is 10.3 Å². The van der Waals surface area contributed by atoms with Crippen LogP contribution in [-0.2, 0) is 6.54 Å². The molecule has 3 nitrogen and oxygen atoms in total. The lowest BCUT2D eigenvalue weighted by Crippen LogP contribution is -2.35. The van der Waals surface area contributed by atoms with Crippen molar-refractivity contribution in [2.75, 3.05) is 11.4 Å². The van der Waals surface area contributed by atoms with Crippen molar-refractivity contribution in [3.8, 4) is 0 Å². The minimum Gasteiger partial charge on any atom is -0.354 e. The van der Waals surface area contributed by atoms with E-state index in [0.717, 1.165) is 23.1 Å². The number of anilines is 1. The Bertz CT molecular complexity index is 464. The van der Waals surface area contributed by atoms with Gasteiger partial charge in [0.2, 0.25) is 0 Å². The summed E-state index contributed by atoms with van der Waals surface area (Å²) in [4.78, 5) is 7.28. The van der Waals surface area contributed by atoms with Gasteiger partial charge in [-0.3, -0.25) is 0 Å². The van der Waals surface area contributed by atoms with Crippen LogP contribution in [0.5, 0.6) is 0 Å². The van der Waals surface area contributed by atoms with Crippen molar-refractivity contribution in [2.45, 2.75) is 71.5 Å². The minimum absolute atomic E-state index is 0.0689. The van der Waals surface area contributed by atoms with E-state index in [9.17, 15) is 0 Å².